The minimum absolute atomic E-state index is 0.434. The van der Waals surface area contributed by atoms with Crippen LogP contribution in [0.15, 0.2) is 54.0 Å². The van der Waals surface area contributed by atoms with Crippen molar-refractivity contribution in [2.24, 2.45) is 0 Å². The number of hydrogen-bond donors (Lipinski definition) is 1. The van der Waals surface area contributed by atoms with E-state index in [4.69, 9.17) is 21.1 Å². The summed E-state index contributed by atoms with van der Waals surface area (Å²) in [6.07, 6.45) is 1.60. The second kappa shape index (κ2) is 8.58. The van der Waals surface area contributed by atoms with Crippen molar-refractivity contribution in [3.63, 3.8) is 0 Å². The molecule has 0 fully saturated rings. The summed E-state index contributed by atoms with van der Waals surface area (Å²) in [5, 5.41) is 15.6. The predicted molar refractivity (Wildman–Crippen MR) is 109 cm³/mol. The molecule has 0 unspecified atom stereocenters. The molecule has 1 aromatic heterocycles. The van der Waals surface area contributed by atoms with Gasteiger partial charge in [0, 0.05) is 22.3 Å². The van der Waals surface area contributed by atoms with Crippen molar-refractivity contribution in [2.75, 3.05) is 12.4 Å². The number of aromatic nitrogens is 1. The Balaban J connectivity index is 1.85. The SMILES string of the molecule is COc1ccc(Oc2ccc(Cl)cc2N/C=C(\C#N)c2nc(C)cs2)cc1. The van der Waals surface area contributed by atoms with E-state index in [1.165, 1.54) is 11.3 Å². The molecule has 136 valence electrons. The van der Waals surface area contributed by atoms with Gasteiger partial charge in [-0.2, -0.15) is 5.26 Å². The molecular weight excluding hydrogens is 382 g/mol. The third-order valence-electron chi connectivity index (χ3n) is 3.57. The van der Waals surface area contributed by atoms with Gasteiger partial charge in [-0.1, -0.05) is 11.6 Å². The quantitative estimate of drug-likeness (QED) is 0.526. The highest BCUT2D eigenvalue weighted by atomic mass is 35.5. The number of benzene rings is 2. The zero-order valence-corrected chi connectivity index (χ0v) is 16.3. The minimum Gasteiger partial charge on any atom is -0.497 e. The van der Waals surface area contributed by atoms with Crippen LogP contribution in [0, 0.1) is 18.3 Å². The zero-order valence-electron chi connectivity index (χ0n) is 14.7. The summed E-state index contributed by atoms with van der Waals surface area (Å²) in [6.45, 7) is 1.89. The van der Waals surface area contributed by atoms with Gasteiger partial charge in [-0.15, -0.1) is 11.3 Å². The first-order chi connectivity index (χ1) is 13.1. The Labute approximate surface area is 166 Å². The van der Waals surface area contributed by atoms with E-state index in [1.54, 1.807) is 31.5 Å². The van der Waals surface area contributed by atoms with Crippen LogP contribution in [-0.4, -0.2) is 12.1 Å². The van der Waals surface area contributed by atoms with E-state index in [1.807, 2.05) is 36.6 Å². The fourth-order valence-corrected chi connectivity index (χ4v) is 3.18. The summed E-state index contributed by atoms with van der Waals surface area (Å²) >= 11 is 7.54. The van der Waals surface area contributed by atoms with E-state index < -0.39 is 0 Å². The smallest absolute Gasteiger partial charge is 0.150 e. The van der Waals surface area contributed by atoms with Gasteiger partial charge in [-0.25, -0.2) is 4.98 Å². The van der Waals surface area contributed by atoms with Crippen molar-refractivity contribution in [1.82, 2.24) is 4.98 Å². The number of aryl methyl sites for hydroxylation is 1. The van der Waals surface area contributed by atoms with Gasteiger partial charge in [0.15, 0.2) is 5.75 Å². The molecule has 0 saturated carbocycles. The molecule has 1 heterocycles. The Hall–Kier alpha value is -3.01. The van der Waals surface area contributed by atoms with E-state index in [0.29, 0.717) is 32.8 Å². The summed E-state index contributed by atoms with van der Waals surface area (Å²) < 4.78 is 11.1. The number of nitrogens with zero attached hydrogens (tertiary/aromatic N) is 2. The van der Waals surface area contributed by atoms with Crippen molar-refractivity contribution in [3.8, 4) is 23.3 Å². The molecule has 0 aliphatic heterocycles. The van der Waals surface area contributed by atoms with Crippen LogP contribution in [0.25, 0.3) is 5.57 Å². The molecule has 1 N–H and O–H groups in total. The number of anilines is 1. The second-order valence-electron chi connectivity index (χ2n) is 5.53. The number of methoxy groups -OCH3 is 1. The largest absolute Gasteiger partial charge is 0.497 e. The molecule has 7 heteroatoms. The van der Waals surface area contributed by atoms with Gasteiger partial charge in [-0.3, -0.25) is 0 Å². The maximum Gasteiger partial charge on any atom is 0.150 e. The summed E-state index contributed by atoms with van der Waals surface area (Å²) in [5.41, 5.74) is 1.95. The standard InChI is InChI=1S/C20H16ClN3O2S/c1-13-12-27-20(24-13)14(10-22)11-23-18-9-15(21)3-8-19(18)26-17-6-4-16(25-2)5-7-17/h3-9,11-12,23H,1-2H3/b14-11+. The van der Waals surface area contributed by atoms with Crippen LogP contribution < -0.4 is 14.8 Å². The van der Waals surface area contributed by atoms with Gasteiger partial charge in [-0.05, 0) is 49.4 Å². The van der Waals surface area contributed by atoms with Crippen molar-refractivity contribution < 1.29 is 9.47 Å². The number of nitrogens with one attached hydrogen (secondary N) is 1. The molecule has 2 aromatic carbocycles. The number of nitriles is 1. The lowest BCUT2D eigenvalue weighted by atomic mass is 10.2. The van der Waals surface area contributed by atoms with E-state index >= 15 is 0 Å². The number of hydrogen-bond acceptors (Lipinski definition) is 6. The Morgan fingerprint density at radius 3 is 2.59 bits per heavy atom. The molecule has 0 spiro atoms. The Bertz CT molecular complexity index is 1010. The average Bonchev–Trinajstić information content (AvgIpc) is 3.11. The number of thiazole rings is 1. The second-order valence-corrected chi connectivity index (χ2v) is 6.82. The minimum atomic E-state index is 0.434. The predicted octanol–water partition coefficient (Wildman–Crippen LogP) is 5.88. The van der Waals surface area contributed by atoms with Crippen LogP contribution in [0.2, 0.25) is 5.02 Å². The first-order valence-corrected chi connectivity index (χ1v) is 9.25. The van der Waals surface area contributed by atoms with Crippen LogP contribution in [-0.2, 0) is 0 Å². The topological polar surface area (TPSA) is 67.2 Å². The van der Waals surface area contributed by atoms with Crippen LogP contribution >= 0.6 is 22.9 Å². The summed E-state index contributed by atoms with van der Waals surface area (Å²) in [7, 11) is 1.61. The summed E-state index contributed by atoms with van der Waals surface area (Å²) in [4.78, 5) is 4.34. The van der Waals surface area contributed by atoms with Crippen molar-refractivity contribution in [3.05, 3.63) is 69.8 Å². The van der Waals surface area contributed by atoms with Crippen molar-refractivity contribution >= 4 is 34.2 Å². The van der Waals surface area contributed by atoms with Crippen LogP contribution in [0.1, 0.15) is 10.7 Å². The molecule has 5 nitrogen and oxygen atoms in total. The number of rotatable bonds is 6. The van der Waals surface area contributed by atoms with Crippen LogP contribution in [0.3, 0.4) is 0 Å². The van der Waals surface area contributed by atoms with Gasteiger partial charge >= 0.3 is 0 Å². The lowest BCUT2D eigenvalue weighted by molar-refractivity contribution is 0.413. The molecular formula is C20H16ClN3O2S. The van der Waals surface area contributed by atoms with Gasteiger partial charge in [0.05, 0.1) is 12.8 Å². The average molecular weight is 398 g/mol. The normalized spacial score (nSPS) is 11.0. The molecule has 0 bridgehead atoms. The van der Waals surface area contributed by atoms with Gasteiger partial charge in [0.1, 0.15) is 28.1 Å². The van der Waals surface area contributed by atoms with Crippen LogP contribution in [0.5, 0.6) is 17.2 Å². The molecule has 0 saturated heterocycles. The lowest BCUT2D eigenvalue weighted by Crippen LogP contribution is -1.95. The van der Waals surface area contributed by atoms with E-state index in [9.17, 15) is 5.26 Å². The summed E-state index contributed by atoms with van der Waals surface area (Å²) in [5.74, 6) is 1.98. The molecule has 3 rings (SSSR count). The van der Waals surface area contributed by atoms with Crippen molar-refractivity contribution in [1.29, 1.82) is 5.26 Å². The highest BCUT2D eigenvalue weighted by Crippen LogP contribution is 2.33. The van der Waals surface area contributed by atoms with Gasteiger partial charge < -0.3 is 14.8 Å². The molecule has 3 aromatic rings. The highest BCUT2D eigenvalue weighted by Gasteiger charge is 2.09. The van der Waals surface area contributed by atoms with E-state index in [-0.39, 0.29) is 0 Å². The number of allylic oxidation sites excluding steroid dienone is 1. The maximum absolute atomic E-state index is 9.41. The van der Waals surface area contributed by atoms with E-state index in [0.717, 1.165) is 11.4 Å². The van der Waals surface area contributed by atoms with Crippen molar-refractivity contribution in [2.45, 2.75) is 6.92 Å². The molecule has 0 amide bonds. The Kier molecular flexibility index (Phi) is 5.97. The first kappa shape index (κ1) is 18.8. The molecule has 0 atom stereocenters. The molecule has 0 radical (unpaired) electrons. The highest BCUT2D eigenvalue weighted by molar-refractivity contribution is 7.10. The number of ether oxygens (including phenoxy) is 2. The van der Waals surface area contributed by atoms with Gasteiger partial charge in [0.25, 0.3) is 0 Å². The van der Waals surface area contributed by atoms with Crippen LogP contribution in [0.4, 0.5) is 5.69 Å². The zero-order chi connectivity index (χ0) is 19.2. The molecule has 27 heavy (non-hydrogen) atoms. The fourth-order valence-electron chi connectivity index (χ4n) is 2.24. The van der Waals surface area contributed by atoms with Gasteiger partial charge in [0.2, 0.25) is 0 Å². The Morgan fingerprint density at radius 2 is 1.96 bits per heavy atom. The Morgan fingerprint density at radius 1 is 1.22 bits per heavy atom. The summed E-state index contributed by atoms with van der Waals surface area (Å²) in [6, 6.07) is 14.7. The lowest BCUT2D eigenvalue weighted by Gasteiger charge is -2.12. The third-order valence-corrected chi connectivity index (χ3v) is 4.80. The number of halogens is 1. The monoisotopic (exact) mass is 397 g/mol. The molecule has 0 aliphatic rings. The molecule has 0 aliphatic carbocycles. The first-order valence-electron chi connectivity index (χ1n) is 8.00. The maximum atomic E-state index is 9.41. The van der Waals surface area contributed by atoms with E-state index in [2.05, 4.69) is 16.4 Å². The third kappa shape index (κ3) is 4.79. The fraction of sp³-hybridized carbons (Fsp3) is 0.100.